The van der Waals surface area contributed by atoms with Crippen LogP contribution in [0.25, 0.3) is 10.9 Å². The van der Waals surface area contributed by atoms with Gasteiger partial charge in [0, 0.05) is 36.7 Å². The minimum atomic E-state index is -0.110. The van der Waals surface area contributed by atoms with Crippen molar-refractivity contribution in [2.24, 2.45) is 0 Å². The van der Waals surface area contributed by atoms with Gasteiger partial charge in [-0.2, -0.15) is 0 Å². The lowest BCUT2D eigenvalue weighted by Crippen LogP contribution is -2.40. The van der Waals surface area contributed by atoms with Crippen molar-refractivity contribution < 1.29 is 14.3 Å². The van der Waals surface area contributed by atoms with Crippen LogP contribution in [-0.4, -0.2) is 29.6 Å². The predicted molar refractivity (Wildman–Crippen MR) is 155 cm³/mol. The Kier molecular flexibility index (Phi) is 8.44. The fourth-order valence-electron chi connectivity index (χ4n) is 4.62. The zero-order chi connectivity index (χ0) is 26.9. The van der Waals surface area contributed by atoms with Crippen molar-refractivity contribution in [1.29, 1.82) is 0 Å². The monoisotopic (exact) mass is 519 g/mol. The van der Waals surface area contributed by atoms with Crippen molar-refractivity contribution in [3.63, 3.8) is 0 Å². The quantitative estimate of drug-likeness (QED) is 0.204. The van der Waals surface area contributed by atoms with Crippen LogP contribution in [-0.2, 0) is 26.1 Å². The number of nitrogens with zero attached hydrogens (tertiary/aromatic N) is 1. The molecule has 0 spiro atoms. The lowest BCUT2D eigenvalue weighted by molar-refractivity contribution is 0.195. The van der Waals surface area contributed by atoms with Crippen molar-refractivity contribution in [3.05, 3.63) is 132 Å². The first-order valence-electron chi connectivity index (χ1n) is 13.1. The van der Waals surface area contributed by atoms with Crippen molar-refractivity contribution >= 4 is 16.9 Å². The molecule has 0 aliphatic carbocycles. The number of H-pyrrole nitrogens is 1. The summed E-state index contributed by atoms with van der Waals surface area (Å²) in [6.45, 7) is 1.91. The Balaban J connectivity index is 1.33. The Hall–Kier alpha value is -4.71. The number of amides is 2. The molecule has 6 heteroatoms. The Morgan fingerprint density at radius 1 is 0.821 bits per heavy atom. The molecular weight excluding hydrogens is 486 g/mol. The summed E-state index contributed by atoms with van der Waals surface area (Å²) in [5.74, 6) is 1.31. The number of aromatic amines is 1. The maximum absolute atomic E-state index is 13.4. The van der Waals surface area contributed by atoms with Gasteiger partial charge < -0.3 is 24.7 Å². The van der Waals surface area contributed by atoms with E-state index in [1.807, 2.05) is 102 Å². The van der Waals surface area contributed by atoms with Crippen LogP contribution in [0.4, 0.5) is 4.79 Å². The minimum absolute atomic E-state index is 0.110. The molecule has 0 bridgehead atoms. The highest BCUT2D eigenvalue weighted by atomic mass is 16.5. The third kappa shape index (κ3) is 6.79. The molecule has 0 fully saturated rings. The van der Waals surface area contributed by atoms with Crippen LogP contribution in [0.2, 0.25) is 0 Å². The fourth-order valence-corrected chi connectivity index (χ4v) is 4.62. The number of nitrogens with one attached hydrogen (secondary N) is 2. The number of urea groups is 1. The van der Waals surface area contributed by atoms with Gasteiger partial charge in [0.2, 0.25) is 0 Å². The molecule has 2 N–H and O–H groups in total. The van der Waals surface area contributed by atoms with Crippen LogP contribution in [0.5, 0.6) is 11.5 Å². The molecule has 39 heavy (non-hydrogen) atoms. The number of ether oxygens (including phenoxy) is 2. The van der Waals surface area contributed by atoms with Crippen LogP contribution in [0.1, 0.15) is 22.3 Å². The van der Waals surface area contributed by atoms with Gasteiger partial charge in [0.1, 0.15) is 6.61 Å². The number of carbonyl (C=O) groups excluding carboxylic acids is 1. The average molecular weight is 520 g/mol. The average Bonchev–Trinajstić information content (AvgIpc) is 3.41. The second kappa shape index (κ2) is 12.7. The van der Waals surface area contributed by atoms with Crippen molar-refractivity contribution in [1.82, 2.24) is 15.2 Å². The molecule has 0 atom stereocenters. The molecule has 0 radical (unpaired) electrons. The van der Waals surface area contributed by atoms with Gasteiger partial charge in [-0.1, -0.05) is 84.9 Å². The molecule has 0 saturated carbocycles. The zero-order valence-corrected chi connectivity index (χ0v) is 22.1. The third-order valence-corrected chi connectivity index (χ3v) is 6.74. The van der Waals surface area contributed by atoms with Gasteiger partial charge in [-0.25, -0.2) is 4.79 Å². The number of rotatable bonds is 11. The first kappa shape index (κ1) is 25.9. The SMILES string of the molecule is COc1ccc(CN(CCc2c[nH]c3ccccc23)C(=O)NCc2ccccc2)cc1OCc1ccccc1. The highest BCUT2D eigenvalue weighted by Crippen LogP contribution is 2.29. The van der Waals surface area contributed by atoms with E-state index in [1.165, 1.54) is 10.9 Å². The van der Waals surface area contributed by atoms with Gasteiger partial charge >= 0.3 is 6.03 Å². The zero-order valence-electron chi connectivity index (χ0n) is 22.1. The Bertz CT molecular complexity index is 1500. The normalized spacial score (nSPS) is 10.8. The van der Waals surface area contributed by atoms with Gasteiger partial charge in [0.15, 0.2) is 11.5 Å². The van der Waals surface area contributed by atoms with E-state index in [2.05, 4.69) is 22.4 Å². The molecule has 5 aromatic rings. The van der Waals surface area contributed by atoms with Crippen LogP contribution in [0.3, 0.4) is 0 Å². The summed E-state index contributed by atoms with van der Waals surface area (Å²) in [7, 11) is 1.63. The van der Waals surface area contributed by atoms with E-state index in [0.717, 1.165) is 28.6 Å². The number of aromatic nitrogens is 1. The first-order valence-corrected chi connectivity index (χ1v) is 13.1. The second-order valence-electron chi connectivity index (χ2n) is 9.43. The van der Waals surface area contributed by atoms with E-state index in [9.17, 15) is 4.79 Å². The number of hydrogen-bond donors (Lipinski definition) is 2. The second-order valence-corrected chi connectivity index (χ2v) is 9.43. The van der Waals surface area contributed by atoms with E-state index < -0.39 is 0 Å². The molecular formula is C33H33N3O3. The number of carbonyl (C=O) groups is 1. The Morgan fingerprint density at radius 2 is 1.54 bits per heavy atom. The maximum Gasteiger partial charge on any atom is 0.317 e. The summed E-state index contributed by atoms with van der Waals surface area (Å²) in [5, 5.41) is 4.28. The molecule has 1 heterocycles. The highest BCUT2D eigenvalue weighted by molar-refractivity contribution is 5.83. The van der Waals surface area contributed by atoms with E-state index in [0.29, 0.717) is 37.7 Å². The van der Waals surface area contributed by atoms with Crippen LogP contribution < -0.4 is 14.8 Å². The van der Waals surface area contributed by atoms with E-state index in [-0.39, 0.29) is 6.03 Å². The van der Waals surface area contributed by atoms with E-state index >= 15 is 0 Å². The van der Waals surface area contributed by atoms with Crippen LogP contribution >= 0.6 is 0 Å². The fraction of sp³-hybridized carbons (Fsp3) is 0.182. The lowest BCUT2D eigenvalue weighted by atomic mass is 10.1. The van der Waals surface area contributed by atoms with Gasteiger partial charge in [-0.3, -0.25) is 0 Å². The Morgan fingerprint density at radius 3 is 2.31 bits per heavy atom. The molecule has 198 valence electrons. The molecule has 1 aromatic heterocycles. The number of para-hydroxylation sites is 1. The first-order chi connectivity index (χ1) is 19.2. The third-order valence-electron chi connectivity index (χ3n) is 6.74. The van der Waals surface area contributed by atoms with Crippen LogP contribution in [0, 0.1) is 0 Å². The summed E-state index contributed by atoms with van der Waals surface area (Å²) in [6, 6.07) is 33.9. The standard InChI is InChI=1S/C33H33N3O3/c1-38-31-17-16-27(20-32(31)39-24-26-12-6-3-7-13-26)23-36(33(37)35-21-25-10-4-2-5-11-25)19-18-28-22-34-30-15-9-8-14-29(28)30/h2-17,20,22,34H,18-19,21,23-24H2,1H3,(H,35,37). The van der Waals surface area contributed by atoms with E-state index in [1.54, 1.807) is 7.11 Å². The summed E-state index contributed by atoms with van der Waals surface area (Å²) in [6.07, 6.45) is 2.77. The Labute approximate surface area is 229 Å². The van der Waals surface area contributed by atoms with E-state index in [4.69, 9.17) is 9.47 Å². The van der Waals surface area contributed by atoms with Gasteiger partial charge in [0.05, 0.1) is 7.11 Å². The van der Waals surface area contributed by atoms with Gasteiger partial charge in [0.25, 0.3) is 0 Å². The molecule has 0 aliphatic rings. The maximum atomic E-state index is 13.4. The molecule has 0 aliphatic heterocycles. The molecule has 5 rings (SSSR count). The number of fused-ring (bicyclic) bond motifs is 1. The molecule has 6 nitrogen and oxygen atoms in total. The minimum Gasteiger partial charge on any atom is -0.493 e. The summed E-state index contributed by atoms with van der Waals surface area (Å²) >= 11 is 0. The smallest absolute Gasteiger partial charge is 0.317 e. The molecule has 2 amide bonds. The number of methoxy groups -OCH3 is 1. The largest absolute Gasteiger partial charge is 0.493 e. The summed E-state index contributed by atoms with van der Waals surface area (Å²) in [4.78, 5) is 18.6. The predicted octanol–water partition coefficient (Wildman–Crippen LogP) is 6.71. The van der Waals surface area contributed by atoms with Gasteiger partial charge in [-0.15, -0.1) is 0 Å². The number of hydrogen-bond acceptors (Lipinski definition) is 3. The van der Waals surface area contributed by atoms with Crippen molar-refractivity contribution in [3.8, 4) is 11.5 Å². The molecule has 0 saturated heterocycles. The van der Waals surface area contributed by atoms with Crippen molar-refractivity contribution in [2.75, 3.05) is 13.7 Å². The highest BCUT2D eigenvalue weighted by Gasteiger charge is 2.17. The lowest BCUT2D eigenvalue weighted by Gasteiger charge is -2.24. The summed E-state index contributed by atoms with van der Waals surface area (Å²) in [5.41, 5.74) is 5.39. The molecule has 0 unspecified atom stereocenters. The summed E-state index contributed by atoms with van der Waals surface area (Å²) < 4.78 is 11.7. The van der Waals surface area contributed by atoms with Gasteiger partial charge in [-0.05, 0) is 46.9 Å². The van der Waals surface area contributed by atoms with Crippen LogP contribution in [0.15, 0.2) is 109 Å². The van der Waals surface area contributed by atoms with Crippen molar-refractivity contribution in [2.45, 2.75) is 26.1 Å². The number of benzene rings is 4. The molecule has 4 aromatic carbocycles. The topological polar surface area (TPSA) is 66.6 Å².